The minimum Gasteiger partial charge on any atom is -0.490 e. The number of carbonyl (C=O) groups is 1. The molecule has 2 atom stereocenters. The van der Waals surface area contributed by atoms with Crippen molar-refractivity contribution in [1.82, 2.24) is 14.4 Å². The molecule has 226 valence electrons. The summed E-state index contributed by atoms with van der Waals surface area (Å²) in [5, 5.41) is 0. The molecule has 42 heavy (non-hydrogen) atoms. The predicted octanol–water partition coefficient (Wildman–Crippen LogP) is 3.61. The van der Waals surface area contributed by atoms with Crippen LogP contribution in [0.2, 0.25) is 0 Å². The zero-order valence-electron chi connectivity index (χ0n) is 23.5. The van der Waals surface area contributed by atoms with Gasteiger partial charge in [-0.2, -0.15) is 13.1 Å². The van der Waals surface area contributed by atoms with E-state index in [1.807, 2.05) is 23.0 Å². The Labute approximate surface area is 246 Å². The van der Waals surface area contributed by atoms with Gasteiger partial charge in [-0.05, 0) is 61.6 Å². The fourth-order valence-corrected chi connectivity index (χ4v) is 6.09. The predicted molar refractivity (Wildman–Crippen MR) is 158 cm³/mol. The Morgan fingerprint density at radius 1 is 1.14 bits per heavy atom. The first-order chi connectivity index (χ1) is 19.9. The molecule has 1 aromatic carbocycles. The van der Waals surface area contributed by atoms with Crippen molar-refractivity contribution in [1.29, 1.82) is 0 Å². The molecular weight excluding hydrogens is 582 g/mol. The normalized spacial score (nSPS) is 21.6. The van der Waals surface area contributed by atoms with E-state index in [0.717, 1.165) is 5.57 Å². The third-order valence-corrected chi connectivity index (χ3v) is 8.68. The third kappa shape index (κ3) is 9.43. The molecule has 1 aliphatic carbocycles. The summed E-state index contributed by atoms with van der Waals surface area (Å²) in [6.45, 7) is 6.27. The Hall–Kier alpha value is -3.68. The van der Waals surface area contributed by atoms with Crippen LogP contribution >= 0.6 is 0 Å². The molecule has 0 radical (unpaired) electrons. The van der Waals surface area contributed by atoms with E-state index < -0.39 is 32.0 Å². The monoisotopic (exact) mass is 617 g/mol. The largest absolute Gasteiger partial charge is 0.490 e. The number of rotatable bonds is 10. The van der Waals surface area contributed by atoms with Crippen molar-refractivity contribution < 1.29 is 35.8 Å². The lowest BCUT2D eigenvalue weighted by Gasteiger charge is -2.24. The molecule has 1 aromatic heterocycles. The molecule has 13 heteroatoms. The molecule has 0 saturated carbocycles. The van der Waals surface area contributed by atoms with Crippen molar-refractivity contribution in [2.24, 2.45) is 0 Å². The molecule has 1 aliphatic heterocycles. The number of pyridine rings is 1. The topological polar surface area (TPSA) is 150 Å². The zero-order valence-corrected chi connectivity index (χ0v) is 25.2. The maximum absolute atomic E-state index is 11.8. The molecule has 2 aromatic rings. The zero-order chi connectivity index (χ0) is 30.3. The van der Waals surface area contributed by atoms with Gasteiger partial charge >= 0.3 is 10.2 Å². The van der Waals surface area contributed by atoms with Gasteiger partial charge in [0.2, 0.25) is 11.8 Å². The van der Waals surface area contributed by atoms with E-state index in [4.69, 9.17) is 14.2 Å². The Balaban J connectivity index is 1.31. The van der Waals surface area contributed by atoms with E-state index >= 15 is 0 Å². The number of ether oxygens (including phenoxy) is 3. The first-order valence-corrected chi connectivity index (χ1v) is 17.0. The summed E-state index contributed by atoms with van der Waals surface area (Å²) >= 11 is 0. The number of sulfone groups is 1. The highest BCUT2D eigenvalue weighted by Crippen LogP contribution is 2.28. The number of hydrogen-bond donors (Lipinski definition) is 2. The number of amides is 1. The van der Waals surface area contributed by atoms with E-state index in [9.17, 15) is 21.6 Å². The van der Waals surface area contributed by atoms with Crippen LogP contribution in [-0.4, -0.2) is 52.4 Å². The molecule has 11 nitrogen and oxygen atoms in total. The van der Waals surface area contributed by atoms with Crippen molar-refractivity contribution in [2.75, 3.05) is 18.6 Å². The van der Waals surface area contributed by atoms with Gasteiger partial charge in [0.05, 0.1) is 24.1 Å². The summed E-state index contributed by atoms with van der Waals surface area (Å²) in [6, 6.07) is 9.85. The molecule has 2 heterocycles. The molecule has 1 unspecified atom stereocenters. The number of benzene rings is 1. The summed E-state index contributed by atoms with van der Waals surface area (Å²) < 4.78 is 68.4. The van der Waals surface area contributed by atoms with Gasteiger partial charge in [-0.25, -0.2) is 18.1 Å². The first-order valence-electron chi connectivity index (χ1n) is 13.5. The number of hydrogen-bond acceptors (Lipinski definition) is 9. The summed E-state index contributed by atoms with van der Waals surface area (Å²) in [6.07, 6.45) is 9.20. The van der Waals surface area contributed by atoms with Crippen LogP contribution in [0, 0.1) is 6.92 Å². The minimum absolute atomic E-state index is 0.0210. The molecule has 2 aliphatic rings. The first kappa shape index (κ1) is 31.3. The van der Waals surface area contributed by atoms with Crippen LogP contribution in [0.1, 0.15) is 49.4 Å². The Bertz CT molecular complexity index is 1580. The number of nitrogens with one attached hydrogen (secondary N) is 2. The molecule has 1 saturated heterocycles. The van der Waals surface area contributed by atoms with Crippen molar-refractivity contribution in [3.05, 3.63) is 83.8 Å². The van der Waals surface area contributed by atoms with Crippen LogP contribution in [-0.2, 0) is 24.8 Å². The van der Waals surface area contributed by atoms with E-state index in [1.54, 1.807) is 43.3 Å². The van der Waals surface area contributed by atoms with Gasteiger partial charge in [-0.3, -0.25) is 4.79 Å². The van der Waals surface area contributed by atoms with E-state index in [1.165, 1.54) is 6.26 Å². The smallest absolute Gasteiger partial charge is 0.301 e. The number of aryl methyl sites for hydroxylation is 1. The van der Waals surface area contributed by atoms with Gasteiger partial charge < -0.3 is 14.2 Å². The fourth-order valence-electron chi connectivity index (χ4n) is 4.42. The van der Waals surface area contributed by atoms with Gasteiger partial charge in [0.1, 0.15) is 33.2 Å². The van der Waals surface area contributed by atoms with Crippen LogP contribution in [0.4, 0.5) is 0 Å². The lowest BCUT2D eigenvalue weighted by atomic mass is 10.0. The molecule has 0 spiro atoms. The van der Waals surface area contributed by atoms with Crippen LogP contribution in [0.25, 0.3) is 0 Å². The number of aromatic nitrogens is 1. The highest BCUT2D eigenvalue weighted by atomic mass is 32.2. The second-order valence-electron chi connectivity index (χ2n) is 10.2. The van der Waals surface area contributed by atoms with Gasteiger partial charge in [-0.1, -0.05) is 30.9 Å². The van der Waals surface area contributed by atoms with Gasteiger partial charge in [0.15, 0.2) is 0 Å². The minimum atomic E-state index is -3.85. The molecule has 0 bridgehead atoms. The maximum atomic E-state index is 11.8. The standard InChI is InChI=1S/C29H35N3O8S2/c1-20-9-12-23(39-24-13-10-22(11-14-24)25-19-28(33)32-42(36,37)31-25)7-4-5-8-26(20)40-27-15-16-29(30-21(27)2)38-17-6-18-41(3,34)35/h4-5,8,10-11,13-16,23,25,31H,1,6-7,9,12,17-19H2,2-3H3,(H,32,33)/b5-4-,26-8?/t23-,25?/m0/s1. The molecule has 2 N–H and O–H groups in total. The van der Waals surface area contributed by atoms with Crippen molar-refractivity contribution in [2.45, 2.75) is 51.2 Å². The number of carbonyl (C=O) groups excluding carboxylic acids is 1. The Morgan fingerprint density at radius 3 is 2.60 bits per heavy atom. The van der Waals surface area contributed by atoms with Gasteiger partial charge in [-0.15, -0.1) is 0 Å². The summed E-state index contributed by atoms with van der Waals surface area (Å²) in [7, 11) is -6.89. The van der Waals surface area contributed by atoms with Crippen LogP contribution in [0.3, 0.4) is 0 Å². The Kier molecular flexibility index (Phi) is 10.1. The van der Waals surface area contributed by atoms with Crippen molar-refractivity contribution >= 4 is 26.0 Å². The molecular formula is C29H35N3O8S2. The quantitative estimate of drug-likeness (QED) is 0.381. The summed E-state index contributed by atoms with van der Waals surface area (Å²) in [5.74, 6) is 1.71. The number of allylic oxidation sites excluding steroid dienone is 3. The van der Waals surface area contributed by atoms with Gasteiger partial charge in [0.25, 0.3) is 0 Å². The molecule has 4 rings (SSSR count). The summed E-state index contributed by atoms with van der Waals surface area (Å²) in [4.78, 5) is 16.1. The lowest BCUT2D eigenvalue weighted by Crippen LogP contribution is -2.48. The average molecular weight is 618 g/mol. The Morgan fingerprint density at radius 2 is 1.90 bits per heavy atom. The number of nitrogens with zero attached hydrogens (tertiary/aromatic N) is 1. The maximum Gasteiger partial charge on any atom is 0.301 e. The van der Waals surface area contributed by atoms with Crippen LogP contribution in [0.15, 0.2) is 72.5 Å². The average Bonchev–Trinajstić information content (AvgIpc) is 2.98. The van der Waals surface area contributed by atoms with Crippen molar-refractivity contribution in [3.8, 4) is 17.4 Å². The van der Waals surface area contributed by atoms with Gasteiger partial charge in [0, 0.05) is 25.2 Å². The van der Waals surface area contributed by atoms with Crippen LogP contribution in [0.5, 0.6) is 17.4 Å². The fraction of sp³-hybridized carbons (Fsp3) is 0.379. The van der Waals surface area contributed by atoms with E-state index in [2.05, 4.69) is 16.3 Å². The molecule has 1 fully saturated rings. The third-order valence-electron chi connectivity index (χ3n) is 6.56. The second kappa shape index (κ2) is 13.5. The lowest BCUT2D eigenvalue weighted by molar-refractivity contribution is -0.120. The highest BCUT2D eigenvalue weighted by Gasteiger charge is 2.29. The molecule has 1 amide bonds. The van der Waals surface area contributed by atoms with Crippen molar-refractivity contribution in [3.63, 3.8) is 0 Å². The van der Waals surface area contributed by atoms with E-state index in [0.29, 0.717) is 60.1 Å². The van der Waals surface area contributed by atoms with Crippen LogP contribution < -0.4 is 23.7 Å². The SMILES string of the molecule is C=C1CC[C@@H](Oc2ccc(C3CC(=O)NS(=O)(=O)N3)cc2)C/C=C\C=C1Oc1ccc(OCCCS(C)(=O)=O)nc1C. The van der Waals surface area contributed by atoms with E-state index in [-0.39, 0.29) is 24.9 Å². The second-order valence-corrected chi connectivity index (χ2v) is 13.9. The summed E-state index contributed by atoms with van der Waals surface area (Å²) in [5.41, 5.74) is 2.10. The highest BCUT2D eigenvalue weighted by molar-refractivity contribution is 7.90.